The summed E-state index contributed by atoms with van der Waals surface area (Å²) in [7, 11) is -2.93. The first-order valence-electron chi connectivity index (χ1n) is 9.68. The Bertz CT molecular complexity index is 869. The molecule has 148 valence electrons. The normalized spacial score (nSPS) is 13.0. The first kappa shape index (κ1) is 19.8. The largest absolute Gasteiger partial charge is 0.228 e. The Balaban J connectivity index is 1.91. The minimum atomic E-state index is -1.46. The Kier molecular flexibility index (Phi) is 5.81. The average molecular weight is 418 g/mol. The van der Waals surface area contributed by atoms with Crippen LogP contribution in [-0.2, 0) is 0 Å². The van der Waals surface area contributed by atoms with E-state index in [1.165, 1.54) is 19.6 Å². The lowest BCUT2D eigenvalue weighted by atomic mass is 10.4. The summed E-state index contributed by atoms with van der Waals surface area (Å²) >= 11 is 0. The van der Waals surface area contributed by atoms with Gasteiger partial charge in [0.25, 0.3) is 0 Å². The van der Waals surface area contributed by atoms with Crippen LogP contribution in [0.15, 0.2) is 141 Å². The predicted molar refractivity (Wildman–Crippen MR) is 129 cm³/mol. The molecule has 4 aromatic carbocycles. The van der Waals surface area contributed by atoms with Crippen molar-refractivity contribution in [2.45, 2.75) is 19.6 Å². The molecule has 0 amide bonds. The zero-order chi connectivity index (χ0) is 20.2. The third-order valence-corrected chi connectivity index (χ3v) is 12.7. The summed E-state index contributed by atoms with van der Waals surface area (Å²) in [5.74, 6) is 0. The molecule has 3 heteroatoms. The molecule has 4 rings (SSSR count). The van der Waals surface area contributed by atoms with Crippen molar-refractivity contribution >= 4 is 20.4 Å². The molecule has 29 heavy (non-hydrogen) atoms. The molecule has 0 aliphatic heterocycles. The summed E-state index contributed by atoms with van der Waals surface area (Å²) in [6.45, 7) is 0. The maximum absolute atomic E-state index is 4.24. The van der Waals surface area contributed by atoms with Crippen molar-refractivity contribution in [2.24, 2.45) is 0 Å². The Hall–Kier alpha value is -2.46. The first-order valence-corrected chi connectivity index (χ1v) is 13.8. The zero-order valence-electron chi connectivity index (χ0n) is 16.9. The van der Waals surface area contributed by atoms with E-state index in [1.807, 2.05) is 0 Å². The Morgan fingerprint density at radius 1 is 0.379 bits per heavy atom. The average Bonchev–Trinajstić information content (AvgIpc) is 2.81. The molecule has 0 fully saturated rings. The third kappa shape index (κ3) is 3.99. The standard InChI is InChI=1S/C26H27NS2/c1-28(23-15-7-3-8-16-23,24-17-9-4-10-18-24)27-29(2,25-19-11-5-12-20-25)26-21-13-6-14-22-26/h3-22,27H,1-2H3. The number of hydrogen-bond acceptors (Lipinski definition) is 1. The minimum absolute atomic E-state index is 1.34. The van der Waals surface area contributed by atoms with E-state index >= 15 is 0 Å². The molecule has 0 bridgehead atoms. The number of benzene rings is 4. The van der Waals surface area contributed by atoms with Gasteiger partial charge in [-0.15, -0.1) is 20.4 Å². The Morgan fingerprint density at radius 2 is 0.586 bits per heavy atom. The van der Waals surface area contributed by atoms with Gasteiger partial charge in [-0.1, -0.05) is 72.8 Å². The second-order valence-electron chi connectivity index (χ2n) is 7.17. The second kappa shape index (κ2) is 8.50. The molecule has 1 N–H and O–H groups in total. The molecule has 0 saturated carbocycles. The van der Waals surface area contributed by atoms with Gasteiger partial charge in [-0.2, -0.15) is 0 Å². The Labute approximate surface area is 177 Å². The van der Waals surface area contributed by atoms with Gasteiger partial charge < -0.3 is 0 Å². The van der Waals surface area contributed by atoms with Gasteiger partial charge in [0.15, 0.2) is 0 Å². The van der Waals surface area contributed by atoms with Crippen molar-refractivity contribution < 1.29 is 0 Å². The molecular formula is C26H27NS2. The van der Waals surface area contributed by atoms with Gasteiger partial charge in [0.2, 0.25) is 0 Å². The predicted octanol–water partition coefficient (Wildman–Crippen LogP) is 7.51. The van der Waals surface area contributed by atoms with E-state index in [9.17, 15) is 0 Å². The van der Waals surface area contributed by atoms with Crippen LogP contribution < -0.4 is 4.13 Å². The lowest BCUT2D eigenvalue weighted by molar-refractivity contribution is 1.27. The topological polar surface area (TPSA) is 12.0 Å². The van der Waals surface area contributed by atoms with Gasteiger partial charge in [-0.05, 0) is 61.0 Å². The zero-order valence-corrected chi connectivity index (χ0v) is 18.5. The number of hydrogen-bond donors (Lipinski definition) is 1. The molecule has 4 aromatic rings. The van der Waals surface area contributed by atoms with Gasteiger partial charge in [0, 0.05) is 19.6 Å². The van der Waals surface area contributed by atoms with Gasteiger partial charge in [0.05, 0.1) is 0 Å². The van der Waals surface area contributed by atoms with Crippen molar-refractivity contribution in [1.29, 1.82) is 0 Å². The van der Waals surface area contributed by atoms with Gasteiger partial charge in [0.1, 0.15) is 0 Å². The summed E-state index contributed by atoms with van der Waals surface area (Å²) in [6, 6.07) is 43.5. The smallest absolute Gasteiger partial charge is 0.00699 e. The minimum Gasteiger partial charge on any atom is -0.228 e. The lowest BCUT2D eigenvalue weighted by Crippen LogP contribution is -2.25. The van der Waals surface area contributed by atoms with Crippen LogP contribution in [0.25, 0.3) is 0 Å². The van der Waals surface area contributed by atoms with Crippen molar-refractivity contribution in [3.63, 3.8) is 0 Å². The van der Waals surface area contributed by atoms with E-state index in [2.05, 4.69) is 138 Å². The summed E-state index contributed by atoms with van der Waals surface area (Å²) in [4.78, 5) is 5.38. The van der Waals surface area contributed by atoms with E-state index in [-0.39, 0.29) is 0 Å². The van der Waals surface area contributed by atoms with Crippen LogP contribution in [0, 0.1) is 0 Å². The molecule has 0 saturated heterocycles. The number of rotatable bonds is 6. The summed E-state index contributed by atoms with van der Waals surface area (Å²) in [6.07, 6.45) is 4.77. The summed E-state index contributed by atoms with van der Waals surface area (Å²) < 4.78 is 4.24. The molecule has 0 unspecified atom stereocenters. The highest BCUT2D eigenvalue weighted by Gasteiger charge is 2.33. The van der Waals surface area contributed by atoms with Crippen LogP contribution in [0.2, 0.25) is 0 Å². The van der Waals surface area contributed by atoms with Crippen molar-refractivity contribution in [2.75, 3.05) is 12.5 Å². The second-order valence-corrected chi connectivity index (χ2v) is 13.4. The molecule has 0 spiro atoms. The quantitative estimate of drug-likeness (QED) is 0.342. The van der Waals surface area contributed by atoms with Crippen LogP contribution in [0.1, 0.15) is 0 Å². The van der Waals surface area contributed by atoms with E-state index in [4.69, 9.17) is 0 Å². The van der Waals surface area contributed by atoms with Crippen molar-refractivity contribution in [3.05, 3.63) is 121 Å². The van der Waals surface area contributed by atoms with Crippen molar-refractivity contribution in [1.82, 2.24) is 4.13 Å². The van der Waals surface area contributed by atoms with Crippen LogP contribution >= 0.6 is 20.4 Å². The first-order chi connectivity index (χ1) is 14.1. The monoisotopic (exact) mass is 417 g/mol. The van der Waals surface area contributed by atoms with Crippen LogP contribution in [0.5, 0.6) is 0 Å². The fourth-order valence-electron chi connectivity index (χ4n) is 3.57. The van der Waals surface area contributed by atoms with Gasteiger partial charge >= 0.3 is 0 Å². The van der Waals surface area contributed by atoms with E-state index in [0.29, 0.717) is 0 Å². The molecular weight excluding hydrogens is 390 g/mol. The highest BCUT2D eigenvalue weighted by atomic mass is 32.3. The van der Waals surface area contributed by atoms with Gasteiger partial charge in [-0.3, -0.25) is 0 Å². The van der Waals surface area contributed by atoms with E-state index < -0.39 is 20.4 Å². The molecule has 1 nitrogen and oxygen atoms in total. The van der Waals surface area contributed by atoms with Crippen LogP contribution in [0.3, 0.4) is 0 Å². The van der Waals surface area contributed by atoms with Gasteiger partial charge in [-0.25, -0.2) is 4.13 Å². The molecule has 0 aliphatic rings. The molecule has 0 aromatic heterocycles. The third-order valence-electron chi connectivity index (χ3n) is 5.19. The summed E-state index contributed by atoms with van der Waals surface area (Å²) in [5.41, 5.74) is 0. The molecule has 0 radical (unpaired) electrons. The lowest BCUT2D eigenvalue weighted by Gasteiger charge is -2.49. The summed E-state index contributed by atoms with van der Waals surface area (Å²) in [5, 5.41) is 0. The van der Waals surface area contributed by atoms with Crippen LogP contribution in [0.4, 0.5) is 0 Å². The SMILES string of the molecule is CS(NS(C)(c1ccccc1)c1ccccc1)(c1ccccc1)c1ccccc1. The maximum atomic E-state index is 4.24. The molecule has 0 aliphatic carbocycles. The van der Waals surface area contributed by atoms with Crippen LogP contribution in [-0.4, -0.2) is 12.5 Å². The maximum Gasteiger partial charge on any atom is 0.00699 e. The van der Waals surface area contributed by atoms with Crippen molar-refractivity contribution in [3.8, 4) is 0 Å². The molecule has 0 heterocycles. The highest BCUT2D eigenvalue weighted by Crippen LogP contribution is 2.68. The fourth-order valence-corrected chi connectivity index (χ4v) is 11.1. The Morgan fingerprint density at radius 3 is 0.793 bits per heavy atom. The molecule has 0 atom stereocenters. The van der Waals surface area contributed by atoms with E-state index in [0.717, 1.165) is 0 Å². The fraction of sp³-hybridized carbons (Fsp3) is 0.0769. The van der Waals surface area contributed by atoms with E-state index in [1.54, 1.807) is 0 Å². The highest BCUT2D eigenvalue weighted by molar-refractivity contribution is 8.45. The number of nitrogens with one attached hydrogen (secondary N) is 1.